The highest BCUT2D eigenvalue weighted by Crippen LogP contribution is 2.20. The van der Waals surface area contributed by atoms with E-state index in [-0.39, 0.29) is 12.0 Å². The summed E-state index contributed by atoms with van der Waals surface area (Å²) in [6, 6.07) is 6.07. The van der Waals surface area contributed by atoms with Crippen LogP contribution in [0.3, 0.4) is 0 Å². The highest BCUT2D eigenvalue weighted by molar-refractivity contribution is 5.96. The number of carbonyl (C=O) groups is 1. The predicted molar refractivity (Wildman–Crippen MR) is 67.1 cm³/mol. The average molecular weight is 233 g/mol. The third-order valence-corrected chi connectivity index (χ3v) is 3.25. The molecule has 0 aromatic heterocycles. The highest BCUT2D eigenvalue weighted by Gasteiger charge is 2.23. The lowest BCUT2D eigenvalue weighted by atomic mass is 9.97. The van der Waals surface area contributed by atoms with Crippen LogP contribution in [0.4, 0.5) is 0 Å². The van der Waals surface area contributed by atoms with Gasteiger partial charge in [0.15, 0.2) is 0 Å². The van der Waals surface area contributed by atoms with E-state index in [1.54, 1.807) is 6.92 Å². The Bertz CT molecular complexity index is 426. The average Bonchev–Trinajstić information content (AvgIpc) is 2.29. The van der Waals surface area contributed by atoms with Gasteiger partial charge in [-0.25, -0.2) is 0 Å². The van der Waals surface area contributed by atoms with E-state index in [0.29, 0.717) is 13.0 Å². The summed E-state index contributed by atoms with van der Waals surface area (Å²) in [5.41, 5.74) is 3.10. The highest BCUT2D eigenvalue weighted by atomic mass is 16.3. The number of rotatable bonds is 3. The van der Waals surface area contributed by atoms with Gasteiger partial charge >= 0.3 is 0 Å². The molecule has 1 aromatic carbocycles. The third kappa shape index (κ3) is 2.67. The van der Waals surface area contributed by atoms with E-state index in [4.69, 9.17) is 0 Å². The first-order valence-electron chi connectivity index (χ1n) is 6.15. The van der Waals surface area contributed by atoms with Crippen molar-refractivity contribution in [2.75, 3.05) is 13.1 Å². The van der Waals surface area contributed by atoms with Crippen molar-refractivity contribution in [1.82, 2.24) is 4.90 Å². The molecule has 0 fully saturated rings. The summed E-state index contributed by atoms with van der Waals surface area (Å²) in [7, 11) is 0. The van der Waals surface area contributed by atoms with E-state index in [1.165, 1.54) is 0 Å². The van der Waals surface area contributed by atoms with Gasteiger partial charge in [0.25, 0.3) is 5.91 Å². The number of hydrogen-bond donors (Lipinski definition) is 1. The molecule has 1 heterocycles. The maximum Gasteiger partial charge on any atom is 0.254 e. The van der Waals surface area contributed by atoms with Crippen LogP contribution in [0.15, 0.2) is 18.2 Å². The molecule has 1 aliphatic heterocycles. The summed E-state index contributed by atoms with van der Waals surface area (Å²) in [6.07, 6.45) is 1.22. The molecule has 0 aliphatic carbocycles. The van der Waals surface area contributed by atoms with Crippen LogP contribution in [0.5, 0.6) is 0 Å². The second-order valence-corrected chi connectivity index (χ2v) is 4.84. The monoisotopic (exact) mass is 233 g/mol. The number of amides is 1. The van der Waals surface area contributed by atoms with Gasteiger partial charge in [0.1, 0.15) is 0 Å². The largest absolute Gasteiger partial charge is 0.393 e. The summed E-state index contributed by atoms with van der Waals surface area (Å²) < 4.78 is 0. The lowest BCUT2D eigenvalue weighted by Gasteiger charge is -2.29. The van der Waals surface area contributed by atoms with Gasteiger partial charge in [-0.05, 0) is 38.3 Å². The van der Waals surface area contributed by atoms with Crippen molar-refractivity contribution < 1.29 is 9.90 Å². The number of nitrogens with zero attached hydrogens (tertiary/aromatic N) is 1. The van der Waals surface area contributed by atoms with Crippen LogP contribution in [0.25, 0.3) is 0 Å². The normalized spacial score (nSPS) is 16.9. The fraction of sp³-hybridized carbons (Fsp3) is 0.500. The molecule has 1 amide bonds. The Labute approximate surface area is 102 Å². The van der Waals surface area contributed by atoms with Gasteiger partial charge in [-0.2, -0.15) is 0 Å². The summed E-state index contributed by atoms with van der Waals surface area (Å²) in [6.45, 7) is 5.17. The Morgan fingerprint density at radius 2 is 2.24 bits per heavy atom. The summed E-state index contributed by atoms with van der Waals surface area (Å²) in [4.78, 5) is 14.1. The fourth-order valence-electron chi connectivity index (χ4n) is 2.19. The molecule has 1 unspecified atom stereocenters. The van der Waals surface area contributed by atoms with Gasteiger partial charge in [0.05, 0.1) is 6.10 Å². The van der Waals surface area contributed by atoms with Crippen LogP contribution in [-0.2, 0) is 6.42 Å². The van der Waals surface area contributed by atoms with Crippen LogP contribution < -0.4 is 0 Å². The molecule has 0 radical (unpaired) electrons. The summed E-state index contributed by atoms with van der Waals surface area (Å²) >= 11 is 0. The zero-order valence-corrected chi connectivity index (χ0v) is 10.4. The quantitative estimate of drug-likeness (QED) is 0.864. The maximum atomic E-state index is 12.2. The lowest BCUT2D eigenvalue weighted by Crippen LogP contribution is -2.39. The number of carbonyl (C=O) groups excluding carboxylic acids is 1. The molecule has 0 spiro atoms. The fourth-order valence-corrected chi connectivity index (χ4v) is 2.19. The standard InChI is InChI=1S/C14H19NO2/c1-10-3-4-12-6-8-15(7-5-11(2)16)14(17)13(12)9-10/h3-4,9,11,16H,5-8H2,1-2H3. The van der Waals surface area contributed by atoms with Gasteiger partial charge < -0.3 is 10.0 Å². The van der Waals surface area contributed by atoms with Crippen molar-refractivity contribution in [3.8, 4) is 0 Å². The van der Waals surface area contributed by atoms with E-state index in [2.05, 4.69) is 12.1 Å². The number of fused-ring (bicyclic) bond motifs is 1. The SMILES string of the molecule is Cc1ccc2c(c1)C(=O)N(CCC(C)O)CC2. The number of benzene rings is 1. The van der Waals surface area contributed by atoms with Crippen molar-refractivity contribution >= 4 is 5.91 Å². The molecule has 1 N–H and O–H groups in total. The maximum absolute atomic E-state index is 12.2. The van der Waals surface area contributed by atoms with Crippen molar-refractivity contribution in [3.63, 3.8) is 0 Å². The van der Waals surface area contributed by atoms with E-state index in [1.807, 2.05) is 17.9 Å². The number of aliphatic hydroxyl groups excluding tert-OH is 1. The second kappa shape index (κ2) is 4.88. The molecular formula is C14H19NO2. The van der Waals surface area contributed by atoms with E-state index in [0.717, 1.165) is 29.7 Å². The van der Waals surface area contributed by atoms with Crippen LogP contribution in [0.2, 0.25) is 0 Å². The number of hydrogen-bond acceptors (Lipinski definition) is 2. The Balaban J connectivity index is 2.15. The first kappa shape index (κ1) is 12.1. The molecule has 17 heavy (non-hydrogen) atoms. The predicted octanol–water partition coefficient (Wildman–Crippen LogP) is 1.76. The van der Waals surface area contributed by atoms with Gasteiger partial charge in [-0.15, -0.1) is 0 Å². The molecule has 1 aromatic rings. The summed E-state index contributed by atoms with van der Waals surface area (Å²) in [5.74, 6) is 0.107. The zero-order valence-electron chi connectivity index (χ0n) is 10.4. The van der Waals surface area contributed by atoms with Crippen LogP contribution >= 0.6 is 0 Å². The molecule has 3 nitrogen and oxygen atoms in total. The van der Waals surface area contributed by atoms with Crippen LogP contribution in [0, 0.1) is 6.92 Å². The minimum atomic E-state index is -0.346. The van der Waals surface area contributed by atoms with Crippen LogP contribution in [-0.4, -0.2) is 35.1 Å². The molecule has 0 bridgehead atoms. The third-order valence-electron chi connectivity index (χ3n) is 3.25. The molecule has 0 saturated carbocycles. The molecule has 1 aliphatic rings. The Hall–Kier alpha value is -1.35. The minimum Gasteiger partial charge on any atom is -0.393 e. The van der Waals surface area contributed by atoms with Crippen molar-refractivity contribution in [2.24, 2.45) is 0 Å². The molecular weight excluding hydrogens is 214 g/mol. The number of aryl methyl sites for hydroxylation is 1. The molecule has 1 atom stereocenters. The van der Waals surface area contributed by atoms with Crippen molar-refractivity contribution in [1.29, 1.82) is 0 Å². The zero-order chi connectivity index (χ0) is 12.4. The van der Waals surface area contributed by atoms with Crippen molar-refractivity contribution in [3.05, 3.63) is 34.9 Å². The molecule has 0 saturated heterocycles. The Kier molecular flexibility index (Phi) is 3.48. The topological polar surface area (TPSA) is 40.5 Å². The minimum absolute atomic E-state index is 0.107. The van der Waals surface area contributed by atoms with Crippen molar-refractivity contribution in [2.45, 2.75) is 32.8 Å². The van der Waals surface area contributed by atoms with Gasteiger partial charge in [0.2, 0.25) is 0 Å². The van der Waals surface area contributed by atoms with Gasteiger partial charge in [-0.1, -0.05) is 17.7 Å². The number of aliphatic hydroxyl groups is 1. The molecule has 92 valence electrons. The lowest BCUT2D eigenvalue weighted by molar-refractivity contribution is 0.0708. The van der Waals surface area contributed by atoms with E-state index < -0.39 is 0 Å². The Morgan fingerprint density at radius 1 is 1.47 bits per heavy atom. The van der Waals surface area contributed by atoms with Crippen LogP contribution in [0.1, 0.15) is 34.8 Å². The second-order valence-electron chi connectivity index (χ2n) is 4.84. The molecule has 3 heteroatoms. The molecule has 2 rings (SSSR count). The summed E-state index contributed by atoms with van der Waals surface area (Å²) in [5, 5.41) is 9.27. The first-order valence-corrected chi connectivity index (χ1v) is 6.15. The van der Waals surface area contributed by atoms with E-state index in [9.17, 15) is 9.90 Å². The Morgan fingerprint density at radius 3 is 2.94 bits per heavy atom. The van der Waals surface area contributed by atoms with E-state index >= 15 is 0 Å². The van der Waals surface area contributed by atoms with Gasteiger partial charge in [-0.3, -0.25) is 4.79 Å². The van der Waals surface area contributed by atoms with Gasteiger partial charge in [0, 0.05) is 18.7 Å². The smallest absolute Gasteiger partial charge is 0.254 e. The first-order chi connectivity index (χ1) is 8.08.